The molecule has 88 valence electrons. The lowest BCUT2D eigenvalue weighted by Crippen LogP contribution is -2.37. The molecule has 2 N–H and O–H groups in total. The number of aliphatic carboxylic acids is 1. The molecule has 0 aromatic carbocycles. The van der Waals surface area contributed by atoms with E-state index in [1.54, 1.807) is 6.07 Å². The van der Waals surface area contributed by atoms with Crippen LogP contribution < -0.4 is 10.1 Å². The highest BCUT2D eigenvalue weighted by molar-refractivity contribution is 9.11. The van der Waals surface area contributed by atoms with E-state index in [-0.39, 0.29) is 0 Å². The van der Waals surface area contributed by atoms with Crippen LogP contribution in [-0.4, -0.2) is 30.1 Å². The van der Waals surface area contributed by atoms with E-state index in [0.29, 0.717) is 14.4 Å². The highest BCUT2D eigenvalue weighted by Crippen LogP contribution is 2.34. The van der Waals surface area contributed by atoms with Gasteiger partial charge in [0.1, 0.15) is 15.6 Å². The van der Waals surface area contributed by atoms with Crippen LogP contribution in [-0.2, 0) is 4.79 Å². The average Bonchev–Trinajstić information content (AvgIpc) is 2.59. The van der Waals surface area contributed by atoms with Crippen LogP contribution >= 0.6 is 27.3 Å². The number of hydrogen-bond acceptors (Lipinski definition) is 4. The molecule has 0 unspecified atom stereocenters. The molecule has 0 aliphatic heterocycles. The van der Waals surface area contributed by atoms with Gasteiger partial charge >= 0.3 is 5.97 Å². The fraction of sp³-hybridized carbons (Fsp3) is 0.333. The van der Waals surface area contributed by atoms with Crippen molar-refractivity contribution in [1.82, 2.24) is 5.32 Å². The van der Waals surface area contributed by atoms with Gasteiger partial charge in [-0.2, -0.15) is 0 Å². The van der Waals surface area contributed by atoms with E-state index in [2.05, 4.69) is 21.2 Å². The Kier molecular flexibility index (Phi) is 4.31. The van der Waals surface area contributed by atoms with E-state index < -0.39 is 17.9 Å². The molecule has 1 amide bonds. The average molecular weight is 308 g/mol. The molecular weight excluding hydrogens is 298 g/mol. The van der Waals surface area contributed by atoms with Gasteiger partial charge in [0.2, 0.25) is 0 Å². The minimum Gasteiger partial charge on any atom is -0.495 e. The first kappa shape index (κ1) is 13.0. The van der Waals surface area contributed by atoms with Crippen molar-refractivity contribution in [3.63, 3.8) is 0 Å². The van der Waals surface area contributed by atoms with E-state index >= 15 is 0 Å². The second-order valence-corrected chi connectivity index (χ2v) is 5.36. The quantitative estimate of drug-likeness (QED) is 0.888. The van der Waals surface area contributed by atoms with Gasteiger partial charge in [-0.3, -0.25) is 9.59 Å². The van der Waals surface area contributed by atoms with Crippen molar-refractivity contribution in [2.45, 2.75) is 13.0 Å². The van der Waals surface area contributed by atoms with Crippen LogP contribution in [0.5, 0.6) is 5.75 Å². The molecule has 1 rings (SSSR count). The number of amides is 1. The van der Waals surface area contributed by atoms with Crippen molar-refractivity contribution >= 4 is 39.1 Å². The minimum atomic E-state index is -1.07. The van der Waals surface area contributed by atoms with E-state index in [1.807, 2.05) is 0 Å². The first-order chi connectivity index (χ1) is 7.45. The number of halogens is 1. The molecule has 0 aliphatic rings. The maximum absolute atomic E-state index is 11.6. The number of rotatable bonds is 4. The van der Waals surface area contributed by atoms with Crippen molar-refractivity contribution in [3.8, 4) is 5.75 Å². The zero-order valence-electron chi connectivity index (χ0n) is 8.61. The van der Waals surface area contributed by atoms with Gasteiger partial charge in [-0.25, -0.2) is 0 Å². The van der Waals surface area contributed by atoms with Crippen molar-refractivity contribution in [1.29, 1.82) is 0 Å². The van der Waals surface area contributed by atoms with Crippen molar-refractivity contribution in [3.05, 3.63) is 14.7 Å². The van der Waals surface area contributed by atoms with Gasteiger partial charge in [0, 0.05) is 6.07 Å². The molecule has 5 nitrogen and oxygen atoms in total. The molecule has 16 heavy (non-hydrogen) atoms. The van der Waals surface area contributed by atoms with Crippen LogP contribution in [0.2, 0.25) is 0 Å². The topological polar surface area (TPSA) is 75.6 Å². The zero-order valence-corrected chi connectivity index (χ0v) is 11.0. The van der Waals surface area contributed by atoms with Gasteiger partial charge in [-0.1, -0.05) is 0 Å². The van der Waals surface area contributed by atoms with E-state index in [4.69, 9.17) is 9.84 Å². The normalized spacial score (nSPS) is 11.9. The van der Waals surface area contributed by atoms with Gasteiger partial charge in [0.25, 0.3) is 5.91 Å². The Bertz CT molecular complexity index is 418. The maximum atomic E-state index is 11.6. The Morgan fingerprint density at radius 3 is 2.69 bits per heavy atom. The second kappa shape index (κ2) is 5.31. The largest absolute Gasteiger partial charge is 0.495 e. The molecule has 0 aliphatic carbocycles. The minimum absolute atomic E-state index is 0.400. The summed E-state index contributed by atoms with van der Waals surface area (Å²) in [6.45, 7) is 1.40. The summed E-state index contributed by atoms with van der Waals surface area (Å²) in [6, 6.07) is 0.637. The number of hydrogen-bond donors (Lipinski definition) is 2. The summed E-state index contributed by atoms with van der Waals surface area (Å²) in [5, 5.41) is 11.0. The molecule has 0 saturated carbocycles. The molecule has 7 heteroatoms. The molecule has 0 fully saturated rings. The lowest BCUT2D eigenvalue weighted by Gasteiger charge is -2.07. The molecule has 0 saturated heterocycles. The summed E-state index contributed by atoms with van der Waals surface area (Å²) in [7, 11) is 1.49. The first-order valence-corrected chi connectivity index (χ1v) is 5.93. The van der Waals surface area contributed by atoms with Crippen LogP contribution in [0.3, 0.4) is 0 Å². The maximum Gasteiger partial charge on any atom is 0.325 e. The fourth-order valence-electron chi connectivity index (χ4n) is 0.933. The summed E-state index contributed by atoms with van der Waals surface area (Å²) in [5.41, 5.74) is 0. The summed E-state index contributed by atoms with van der Waals surface area (Å²) in [4.78, 5) is 22.5. The van der Waals surface area contributed by atoms with Crippen LogP contribution in [0, 0.1) is 0 Å². The number of carboxylic acid groups (broad SMARTS) is 1. The number of nitrogens with one attached hydrogen (secondary N) is 1. The smallest absolute Gasteiger partial charge is 0.325 e. The summed E-state index contributed by atoms with van der Waals surface area (Å²) in [6.07, 6.45) is 0. The Labute approximate surface area is 105 Å². The number of ether oxygens (including phenoxy) is 1. The van der Waals surface area contributed by atoms with E-state index in [9.17, 15) is 9.59 Å². The Morgan fingerprint density at radius 1 is 1.62 bits per heavy atom. The molecule has 1 aromatic heterocycles. The molecule has 1 atom stereocenters. The number of carbonyl (C=O) groups is 2. The van der Waals surface area contributed by atoms with Crippen molar-refractivity contribution in [2.75, 3.05) is 7.11 Å². The van der Waals surface area contributed by atoms with Gasteiger partial charge < -0.3 is 15.2 Å². The summed E-state index contributed by atoms with van der Waals surface area (Å²) in [5.74, 6) is -0.946. The van der Waals surface area contributed by atoms with Crippen LogP contribution in [0.1, 0.15) is 16.6 Å². The van der Waals surface area contributed by atoms with E-state index in [0.717, 1.165) is 0 Å². The number of methoxy groups -OCH3 is 1. The van der Waals surface area contributed by atoms with Crippen LogP contribution in [0.15, 0.2) is 9.85 Å². The summed E-state index contributed by atoms with van der Waals surface area (Å²) >= 11 is 4.43. The summed E-state index contributed by atoms with van der Waals surface area (Å²) < 4.78 is 5.69. The highest BCUT2D eigenvalue weighted by atomic mass is 79.9. The number of carboxylic acids is 1. The number of thiophene rings is 1. The van der Waals surface area contributed by atoms with Crippen LogP contribution in [0.25, 0.3) is 0 Å². The second-order valence-electron chi connectivity index (χ2n) is 2.99. The monoisotopic (exact) mass is 307 g/mol. The molecule has 1 heterocycles. The highest BCUT2D eigenvalue weighted by Gasteiger charge is 2.18. The lowest BCUT2D eigenvalue weighted by atomic mass is 10.3. The molecule has 0 bridgehead atoms. The molecule has 0 spiro atoms. The van der Waals surface area contributed by atoms with Gasteiger partial charge in [0.15, 0.2) is 0 Å². The SMILES string of the molecule is COc1cc(C(=O)N[C@@H](C)C(=O)O)sc1Br. The Balaban J connectivity index is 2.77. The third-order valence-electron chi connectivity index (χ3n) is 1.82. The van der Waals surface area contributed by atoms with Gasteiger partial charge in [-0.15, -0.1) is 11.3 Å². The Morgan fingerprint density at radius 2 is 2.25 bits per heavy atom. The Hall–Kier alpha value is -1.08. The van der Waals surface area contributed by atoms with Gasteiger partial charge in [-0.05, 0) is 22.9 Å². The van der Waals surface area contributed by atoms with Crippen molar-refractivity contribution in [2.24, 2.45) is 0 Å². The van der Waals surface area contributed by atoms with Crippen LogP contribution in [0.4, 0.5) is 0 Å². The van der Waals surface area contributed by atoms with Crippen molar-refractivity contribution < 1.29 is 19.4 Å². The third kappa shape index (κ3) is 2.96. The van der Waals surface area contributed by atoms with Gasteiger partial charge in [0.05, 0.1) is 12.0 Å². The third-order valence-corrected chi connectivity index (χ3v) is 3.60. The number of carbonyl (C=O) groups excluding carboxylic acids is 1. The standard InChI is InChI=1S/C9H10BrNO4S/c1-4(9(13)14)11-8(12)6-3-5(15-2)7(10)16-6/h3-4H,1-2H3,(H,11,12)(H,13,14)/t4-/m0/s1. The molecule has 1 aromatic rings. The fourth-order valence-corrected chi connectivity index (χ4v) is 2.49. The zero-order chi connectivity index (χ0) is 12.3. The predicted molar refractivity (Wildman–Crippen MR) is 63.1 cm³/mol. The van der Waals surface area contributed by atoms with E-state index in [1.165, 1.54) is 25.4 Å². The first-order valence-electron chi connectivity index (χ1n) is 4.32. The molecule has 0 radical (unpaired) electrons. The predicted octanol–water partition coefficient (Wildman–Crippen LogP) is 1.72. The lowest BCUT2D eigenvalue weighted by molar-refractivity contribution is -0.138. The molecular formula is C9H10BrNO4S.